The Kier molecular flexibility index (Phi) is 13.4. The molecular weight excluding hydrogens is 482 g/mol. The molecule has 0 saturated heterocycles. The molecule has 38 heavy (non-hydrogen) atoms. The van der Waals surface area contributed by atoms with Gasteiger partial charge in [-0.25, -0.2) is 4.79 Å². The number of carbonyl (C=O) groups is 3. The van der Waals surface area contributed by atoms with Gasteiger partial charge < -0.3 is 25.4 Å². The largest absolute Gasteiger partial charge is 0.444 e. The van der Waals surface area contributed by atoms with Crippen LogP contribution in [0.25, 0.3) is 0 Å². The van der Waals surface area contributed by atoms with Crippen LogP contribution in [0.2, 0.25) is 0 Å². The first-order valence-electron chi connectivity index (χ1n) is 13.5. The summed E-state index contributed by atoms with van der Waals surface area (Å²) in [5, 5.41) is 15.7. The number of carbonyl (C=O) groups excluding carboxylic acids is 3. The fourth-order valence-electron chi connectivity index (χ4n) is 4.24. The molecule has 3 N–H and O–H groups in total. The molecule has 0 bridgehead atoms. The van der Waals surface area contributed by atoms with Gasteiger partial charge in [0, 0.05) is 17.6 Å². The lowest BCUT2D eigenvalue weighted by atomic mass is 9.94. The second-order valence-electron chi connectivity index (χ2n) is 11.3. The van der Waals surface area contributed by atoms with Gasteiger partial charge in [-0.3, -0.25) is 9.59 Å². The topological polar surface area (TPSA) is 108 Å². The molecule has 0 aliphatic rings. The van der Waals surface area contributed by atoms with Crippen LogP contribution in [0.15, 0.2) is 24.3 Å². The number of benzene rings is 1. The van der Waals surface area contributed by atoms with E-state index in [1.807, 2.05) is 20.8 Å². The van der Waals surface area contributed by atoms with E-state index < -0.39 is 42.3 Å². The maximum Gasteiger partial charge on any atom is 0.408 e. The Morgan fingerprint density at radius 2 is 1.68 bits per heavy atom. The maximum absolute atomic E-state index is 14.1. The molecule has 212 valence electrons. The van der Waals surface area contributed by atoms with Crippen LogP contribution in [0, 0.1) is 18.3 Å². The van der Waals surface area contributed by atoms with E-state index in [4.69, 9.17) is 11.2 Å². The van der Waals surface area contributed by atoms with Crippen molar-refractivity contribution in [2.45, 2.75) is 111 Å². The minimum Gasteiger partial charge on any atom is -0.444 e. The number of rotatable bonds is 13. The summed E-state index contributed by atoms with van der Waals surface area (Å²) < 4.78 is 5.31. The Hall–Kier alpha value is -3.05. The molecule has 4 unspecified atom stereocenters. The van der Waals surface area contributed by atoms with E-state index in [2.05, 4.69) is 30.4 Å². The number of terminal acetylenes is 1. The van der Waals surface area contributed by atoms with Gasteiger partial charge in [0.1, 0.15) is 17.7 Å². The minimum atomic E-state index is -1.31. The lowest BCUT2D eigenvalue weighted by molar-refractivity contribution is -0.146. The summed E-state index contributed by atoms with van der Waals surface area (Å²) >= 11 is 0. The van der Waals surface area contributed by atoms with E-state index >= 15 is 0 Å². The first-order chi connectivity index (χ1) is 17.7. The first-order valence-corrected chi connectivity index (χ1v) is 13.5. The van der Waals surface area contributed by atoms with Crippen LogP contribution in [-0.4, -0.2) is 58.2 Å². The molecule has 8 heteroatoms. The van der Waals surface area contributed by atoms with Crippen LogP contribution in [0.1, 0.15) is 98.2 Å². The van der Waals surface area contributed by atoms with Gasteiger partial charge >= 0.3 is 6.09 Å². The summed E-state index contributed by atoms with van der Waals surface area (Å²) in [4.78, 5) is 41.9. The van der Waals surface area contributed by atoms with Crippen molar-refractivity contribution in [2.75, 3.05) is 6.61 Å². The summed E-state index contributed by atoms with van der Waals surface area (Å²) in [6, 6.07) is 4.13. The molecule has 3 amide bonds. The van der Waals surface area contributed by atoms with Gasteiger partial charge in [0.05, 0.1) is 6.61 Å². The smallest absolute Gasteiger partial charge is 0.408 e. The second kappa shape index (κ2) is 15.4. The molecule has 0 spiro atoms. The van der Waals surface area contributed by atoms with Gasteiger partial charge in [-0.15, -0.1) is 6.42 Å². The number of alkyl carbamates (subject to hydrolysis) is 1. The van der Waals surface area contributed by atoms with Crippen molar-refractivity contribution in [1.82, 2.24) is 15.5 Å². The number of nitrogens with zero attached hydrogens (tertiary/aromatic N) is 1. The number of hydrogen-bond donors (Lipinski definition) is 3. The second-order valence-corrected chi connectivity index (χ2v) is 11.3. The Bertz CT molecular complexity index is 963. The standard InChI is InChI=1S/C30H47N3O5/c1-10-14-21(5)31-27(35)26(24-16-13-12-15-23(24)11-2)33(22(6)18-17-20(3)4)28(36)25(19-34)32-29(37)38-30(7,8)9/h2,12-13,15-16,20-22,25-26,34H,10,14,17-19H2,1,3-9H3,(H,31,35)(H,32,37). The van der Waals surface area contributed by atoms with E-state index in [1.54, 1.807) is 45.0 Å². The zero-order valence-electron chi connectivity index (χ0n) is 24.3. The number of aliphatic hydroxyl groups is 1. The van der Waals surface area contributed by atoms with Crippen molar-refractivity contribution < 1.29 is 24.2 Å². The van der Waals surface area contributed by atoms with Crippen molar-refractivity contribution >= 4 is 17.9 Å². The van der Waals surface area contributed by atoms with Gasteiger partial charge in [-0.1, -0.05) is 51.3 Å². The fraction of sp³-hybridized carbons (Fsp3) is 0.633. The van der Waals surface area contributed by atoms with E-state index in [0.717, 1.165) is 19.3 Å². The lowest BCUT2D eigenvalue weighted by Crippen LogP contribution is -2.57. The maximum atomic E-state index is 14.1. The zero-order valence-corrected chi connectivity index (χ0v) is 24.3. The van der Waals surface area contributed by atoms with Crippen molar-refractivity contribution in [3.63, 3.8) is 0 Å². The SMILES string of the molecule is C#Cc1ccccc1C(C(=O)NC(C)CCC)N(C(=O)C(CO)NC(=O)OC(C)(C)C)C(C)CCC(C)C. The quantitative estimate of drug-likeness (QED) is 0.325. The average molecular weight is 530 g/mol. The van der Waals surface area contributed by atoms with E-state index in [-0.39, 0.29) is 11.9 Å². The summed E-state index contributed by atoms with van der Waals surface area (Å²) in [5.41, 5.74) is 0.209. The molecule has 0 saturated carbocycles. The summed E-state index contributed by atoms with van der Waals surface area (Å²) in [6.45, 7) is 14.4. The van der Waals surface area contributed by atoms with Crippen LogP contribution in [0.4, 0.5) is 4.79 Å². The Morgan fingerprint density at radius 3 is 2.21 bits per heavy atom. The van der Waals surface area contributed by atoms with Crippen LogP contribution < -0.4 is 10.6 Å². The Balaban J connectivity index is 3.63. The number of aliphatic hydroxyl groups excluding tert-OH is 1. The lowest BCUT2D eigenvalue weighted by Gasteiger charge is -2.39. The third kappa shape index (κ3) is 10.4. The molecule has 0 fully saturated rings. The van der Waals surface area contributed by atoms with Crippen LogP contribution in [0.5, 0.6) is 0 Å². The fourth-order valence-corrected chi connectivity index (χ4v) is 4.24. The van der Waals surface area contributed by atoms with Crippen molar-refractivity contribution in [3.8, 4) is 12.3 Å². The summed E-state index contributed by atoms with van der Waals surface area (Å²) in [6.07, 6.45) is 8.04. The van der Waals surface area contributed by atoms with Crippen LogP contribution in [0.3, 0.4) is 0 Å². The monoisotopic (exact) mass is 529 g/mol. The van der Waals surface area contributed by atoms with E-state index in [0.29, 0.717) is 23.5 Å². The van der Waals surface area contributed by atoms with Crippen LogP contribution in [-0.2, 0) is 14.3 Å². The first kappa shape index (κ1) is 33.0. The zero-order chi connectivity index (χ0) is 29.0. The molecule has 0 aromatic heterocycles. The van der Waals surface area contributed by atoms with Crippen molar-refractivity contribution in [3.05, 3.63) is 35.4 Å². The number of ether oxygens (including phenoxy) is 1. The van der Waals surface area contributed by atoms with Gasteiger partial charge in [-0.05, 0) is 71.4 Å². The van der Waals surface area contributed by atoms with Gasteiger partial charge in [0.25, 0.3) is 0 Å². The number of nitrogens with one attached hydrogen (secondary N) is 2. The molecule has 1 aromatic rings. The molecule has 0 aliphatic carbocycles. The molecule has 1 rings (SSSR count). The molecule has 8 nitrogen and oxygen atoms in total. The van der Waals surface area contributed by atoms with Gasteiger partial charge in [0.15, 0.2) is 0 Å². The molecule has 0 radical (unpaired) electrons. The summed E-state index contributed by atoms with van der Waals surface area (Å²) in [5.74, 6) is 2.05. The predicted molar refractivity (Wildman–Crippen MR) is 150 cm³/mol. The normalized spacial score (nSPS) is 14.6. The molecule has 0 aliphatic heterocycles. The van der Waals surface area contributed by atoms with Gasteiger partial charge in [0.2, 0.25) is 11.8 Å². The Labute approximate surface area is 228 Å². The van der Waals surface area contributed by atoms with E-state index in [1.165, 1.54) is 4.90 Å². The predicted octanol–water partition coefficient (Wildman–Crippen LogP) is 4.55. The van der Waals surface area contributed by atoms with Crippen LogP contribution >= 0.6 is 0 Å². The highest BCUT2D eigenvalue weighted by molar-refractivity contribution is 5.93. The highest BCUT2D eigenvalue weighted by Crippen LogP contribution is 2.29. The third-order valence-corrected chi connectivity index (χ3v) is 6.11. The average Bonchev–Trinajstić information content (AvgIpc) is 2.82. The number of amides is 3. The van der Waals surface area contributed by atoms with Gasteiger partial charge in [-0.2, -0.15) is 0 Å². The molecular formula is C30H47N3O5. The Morgan fingerprint density at radius 1 is 1.05 bits per heavy atom. The third-order valence-electron chi connectivity index (χ3n) is 6.11. The van der Waals surface area contributed by atoms with Crippen molar-refractivity contribution in [2.24, 2.45) is 5.92 Å². The minimum absolute atomic E-state index is 0.121. The van der Waals surface area contributed by atoms with Crippen molar-refractivity contribution in [1.29, 1.82) is 0 Å². The molecule has 0 heterocycles. The molecule has 4 atom stereocenters. The highest BCUT2D eigenvalue weighted by Gasteiger charge is 2.39. The highest BCUT2D eigenvalue weighted by atomic mass is 16.6. The van der Waals surface area contributed by atoms with E-state index in [9.17, 15) is 19.5 Å². The number of hydrogen-bond acceptors (Lipinski definition) is 5. The summed E-state index contributed by atoms with van der Waals surface area (Å²) in [7, 11) is 0. The molecule has 1 aromatic carbocycles.